The predicted molar refractivity (Wildman–Crippen MR) is 107 cm³/mol. The number of aromatic nitrogens is 2. The normalized spacial score (nSPS) is 11.9. The quantitative estimate of drug-likeness (QED) is 0.702. The Morgan fingerprint density at radius 1 is 1.21 bits per heavy atom. The number of methoxy groups -OCH3 is 1. The third-order valence-electron chi connectivity index (χ3n) is 4.50. The van der Waals surface area contributed by atoms with E-state index in [4.69, 9.17) is 4.74 Å². The second kappa shape index (κ2) is 8.25. The molecule has 6 heteroatoms. The summed E-state index contributed by atoms with van der Waals surface area (Å²) in [7, 11) is 1.62. The first-order valence-corrected chi connectivity index (χ1v) is 9.14. The van der Waals surface area contributed by atoms with E-state index in [1.54, 1.807) is 19.2 Å². The van der Waals surface area contributed by atoms with Crippen molar-refractivity contribution < 1.29 is 13.9 Å². The number of carbonyl (C=O) groups excluding carboxylic acids is 1. The maximum atomic E-state index is 14.6. The number of ether oxygens (including phenoxy) is 1. The van der Waals surface area contributed by atoms with Crippen molar-refractivity contribution in [1.82, 2.24) is 15.1 Å². The van der Waals surface area contributed by atoms with Crippen LogP contribution in [0.15, 0.2) is 48.5 Å². The van der Waals surface area contributed by atoms with Gasteiger partial charge in [-0.05, 0) is 69.2 Å². The molecule has 0 bridgehead atoms. The summed E-state index contributed by atoms with van der Waals surface area (Å²) in [6, 6.07) is 13.9. The van der Waals surface area contributed by atoms with Gasteiger partial charge in [0.15, 0.2) is 0 Å². The van der Waals surface area contributed by atoms with Crippen LogP contribution in [0.2, 0.25) is 0 Å². The smallest absolute Gasteiger partial charge is 0.251 e. The third kappa shape index (κ3) is 4.39. The van der Waals surface area contributed by atoms with Gasteiger partial charge in [0.1, 0.15) is 17.3 Å². The number of hydrogen-bond donors (Lipinski definition) is 1. The van der Waals surface area contributed by atoms with Crippen molar-refractivity contribution in [2.24, 2.45) is 0 Å². The van der Waals surface area contributed by atoms with E-state index in [1.165, 1.54) is 10.7 Å². The Bertz CT molecular complexity index is 997. The van der Waals surface area contributed by atoms with Crippen LogP contribution in [0, 0.1) is 19.7 Å². The van der Waals surface area contributed by atoms with E-state index >= 15 is 0 Å². The van der Waals surface area contributed by atoms with Crippen LogP contribution < -0.4 is 10.1 Å². The van der Waals surface area contributed by atoms with Crippen molar-refractivity contribution in [2.75, 3.05) is 7.11 Å². The Labute approximate surface area is 164 Å². The Hall–Kier alpha value is -3.15. The van der Waals surface area contributed by atoms with Crippen molar-refractivity contribution >= 4 is 5.91 Å². The van der Waals surface area contributed by atoms with E-state index in [1.807, 2.05) is 51.1 Å². The molecule has 0 aliphatic carbocycles. The fourth-order valence-electron chi connectivity index (χ4n) is 3.20. The van der Waals surface area contributed by atoms with Crippen molar-refractivity contribution in [3.63, 3.8) is 0 Å². The highest BCUT2D eigenvalue weighted by atomic mass is 19.1. The van der Waals surface area contributed by atoms with Gasteiger partial charge in [0.05, 0.1) is 12.8 Å². The van der Waals surface area contributed by atoms with Gasteiger partial charge in [-0.15, -0.1) is 0 Å². The highest BCUT2D eigenvalue weighted by Gasteiger charge is 2.15. The molecule has 0 saturated heterocycles. The highest BCUT2D eigenvalue weighted by molar-refractivity contribution is 5.94. The number of nitrogens with zero attached hydrogens (tertiary/aromatic N) is 2. The molecule has 3 aromatic rings. The number of rotatable bonds is 6. The molecular weight excluding hydrogens is 357 g/mol. The van der Waals surface area contributed by atoms with Gasteiger partial charge in [0.25, 0.3) is 5.91 Å². The summed E-state index contributed by atoms with van der Waals surface area (Å²) in [5, 5.41) is 7.21. The number of aryl methyl sites for hydroxylation is 2. The predicted octanol–water partition coefficient (Wildman–Crippen LogP) is 4.00. The van der Waals surface area contributed by atoms with Crippen molar-refractivity contribution in [3.05, 3.63) is 76.9 Å². The number of carbonyl (C=O) groups is 1. The third-order valence-corrected chi connectivity index (χ3v) is 4.50. The molecule has 1 aromatic heterocycles. The van der Waals surface area contributed by atoms with Crippen LogP contribution in [0.1, 0.15) is 34.2 Å². The SMILES string of the molecule is COc1cccc(CC(C)NC(=O)c2ccc(-n3nc(C)cc3C)c(F)c2)c1. The summed E-state index contributed by atoms with van der Waals surface area (Å²) in [6.45, 7) is 5.63. The van der Waals surface area contributed by atoms with Crippen molar-refractivity contribution in [1.29, 1.82) is 0 Å². The van der Waals surface area contributed by atoms with Crippen LogP contribution in [0.4, 0.5) is 4.39 Å². The highest BCUT2D eigenvalue weighted by Crippen LogP contribution is 2.18. The number of halogens is 1. The van der Waals surface area contributed by atoms with Gasteiger partial charge in [-0.1, -0.05) is 12.1 Å². The zero-order valence-electron chi connectivity index (χ0n) is 16.5. The van der Waals surface area contributed by atoms with Gasteiger partial charge in [-0.25, -0.2) is 9.07 Å². The van der Waals surface area contributed by atoms with Gasteiger partial charge in [-0.2, -0.15) is 5.10 Å². The molecule has 2 aromatic carbocycles. The molecule has 0 radical (unpaired) electrons. The Balaban J connectivity index is 1.70. The summed E-state index contributed by atoms with van der Waals surface area (Å²) >= 11 is 0. The van der Waals surface area contributed by atoms with E-state index in [9.17, 15) is 9.18 Å². The second-order valence-electron chi connectivity index (χ2n) is 6.94. The summed E-state index contributed by atoms with van der Waals surface area (Å²) in [4.78, 5) is 12.5. The first kappa shape index (κ1) is 19.6. The Morgan fingerprint density at radius 3 is 2.64 bits per heavy atom. The lowest BCUT2D eigenvalue weighted by Crippen LogP contribution is -2.34. The van der Waals surface area contributed by atoms with Crippen LogP contribution in [0.3, 0.4) is 0 Å². The second-order valence-corrected chi connectivity index (χ2v) is 6.94. The molecule has 5 nitrogen and oxygen atoms in total. The van der Waals surface area contributed by atoms with E-state index in [-0.39, 0.29) is 17.5 Å². The molecule has 1 amide bonds. The molecule has 1 unspecified atom stereocenters. The number of nitrogens with one attached hydrogen (secondary N) is 1. The van der Waals surface area contributed by atoms with Gasteiger partial charge >= 0.3 is 0 Å². The molecule has 0 aliphatic heterocycles. The molecule has 28 heavy (non-hydrogen) atoms. The molecule has 0 saturated carbocycles. The fourth-order valence-corrected chi connectivity index (χ4v) is 3.20. The molecule has 146 valence electrons. The Morgan fingerprint density at radius 2 is 2.00 bits per heavy atom. The van der Waals surface area contributed by atoms with E-state index in [0.29, 0.717) is 12.1 Å². The maximum absolute atomic E-state index is 14.6. The molecule has 3 rings (SSSR count). The van der Waals surface area contributed by atoms with E-state index in [2.05, 4.69) is 10.4 Å². The average molecular weight is 381 g/mol. The minimum atomic E-state index is -0.487. The lowest BCUT2D eigenvalue weighted by molar-refractivity contribution is 0.0939. The minimum Gasteiger partial charge on any atom is -0.497 e. The largest absolute Gasteiger partial charge is 0.497 e. The van der Waals surface area contributed by atoms with Crippen LogP contribution in [0.25, 0.3) is 5.69 Å². The van der Waals surface area contributed by atoms with Crippen molar-refractivity contribution in [3.8, 4) is 11.4 Å². The van der Waals surface area contributed by atoms with Gasteiger partial charge in [-0.3, -0.25) is 4.79 Å². The van der Waals surface area contributed by atoms with Crippen LogP contribution >= 0.6 is 0 Å². The number of amides is 1. The summed E-state index contributed by atoms with van der Waals surface area (Å²) in [5.74, 6) is -0.0219. The molecule has 1 N–H and O–H groups in total. The summed E-state index contributed by atoms with van der Waals surface area (Å²) in [6.07, 6.45) is 0.648. The molecular formula is C22H24FN3O2. The molecule has 0 fully saturated rings. The first-order chi connectivity index (χ1) is 13.4. The maximum Gasteiger partial charge on any atom is 0.251 e. The fraction of sp³-hybridized carbons (Fsp3) is 0.273. The average Bonchev–Trinajstić information content (AvgIpc) is 2.99. The lowest BCUT2D eigenvalue weighted by atomic mass is 10.1. The Kier molecular flexibility index (Phi) is 5.78. The topological polar surface area (TPSA) is 56.1 Å². The zero-order valence-corrected chi connectivity index (χ0v) is 16.5. The molecule has 0 aliphatic rings. The lowest BCUT2D eigenvalue weighted by Gasteiger charge is -2.15. The van der Waals surface area contributed by atoms with Crippen LogP contribution in [-0.4, -0.2) is 28.8 Å². The number of hydrogen-bond acceptors (Lipinski definition) is 3. The summed E-state index contributed by atoms with van der Waals surface area (Å²) < 4.78 is 21.4. The monoisotopic (exact) mass is 381 g/mol. The zero-order chi connectivity index (χ0) is 20.3. The molecule has 1 heterocycles. The van der Waals surface area contributed by atoms with Gasteiger partial charge in [0.2, 0.25) is 0 Å². The molecule has 1 atom stereocenters. The minimum absolute atomic E-state index is 0.113. The van der Waals surface area contributed by atoms with E-state index < -0.39 is 5.82 Å². The van der Waals surface area contributed by atoms with Crippen LogP contribution in [0.5, 0.6) is 5.75 Å². The van der Waals surface area contributed by atoms with Gasteiger partial charge < -0.3 is 10.1 Å². The molecule has 0 spiro atoms. The number of benzene rings is 2. The van der Waals surface area contributed by atoms with Crippen molar-refractivity contribution in [2.45, 2.75) is 33.2 Å². The van der Waals surface area contributed by atoms with Crippen LogP contribution in [-0.2, 0) is 6.42 Å². The first-order valence-electron chi connectivity index (χ1n) is 9.14. The van der Waals surface area contributed by atoms with E-state index in [0.717, 1.165) is 22.7 Å². The summed E-state index contributed by atoms with van der Waals surface area (Å²) in [5.41, 5.74) is 3.30. The van der Waals surface area contributed by atoms with Gasteiger partial charge in [0, 0.05) is 17.3 Å². The standard InChI is InChI=1S/C22H24FN3O2/c1-14(11-17-6-5-7-19(12-17)28-4)24-22(27)18-8-9-21(20(23)13-18)26-16(3)10-15(2)25-26/h5-10,12-14H,11H2,1-4H3,(H,24,27).